The SMILES string of the molecule is CCCCCCCC[Si](CCCCCCCC)Cc1ccccc1. The Hall–Kier alpha value is -0.563. The van der Waals surface area contributed by atoms with Crippen LogP contribution in [0.5, 0.6) is 0 Å². The van der Waals surface area contributed by atoms with E-state index in [4.69, 9.17) is 0 Å². The monoisotopic (exact) mass is 345 g/mol. The van der Waals surface area contributed by atoms with Crippen molar-refractivity contribution in [2.45, 2.75) is 109 Å². The molecule has 0 nitrogen and oxygen atoms in total. The van der Waals surface area contributed by atoms with E-state index in [9.17, 15) is 0 Å². The summed E-state index contributed by atoms with van der Waals surface area (Å²) in [6.07, 6.45) is 17.3. The fourth-order valence-electron chi connectivity index (χ4n) is 3.50. The molecule has 24 heavy (non-hydrogen) atoms. The van der Waals surface area contributed by atoms with Gasteiger partial charge in [0.1, 0.15) is 0 Å². The minimum absolute atomic E-state index is 0.182. The molecule has 0 saturated heterocycles. The first-order chi connectivity index (χ1) is 11.9. The van der Waals surface area contributed by atoms with E-state index in [1.54, 1.807) is 17.7 Å². The molecule has 1 aromatic rings. The molecule has 1 radical (unpaired) electrons. The third-order valence-corrected chi connectivity index (χ3v) is 8.09. The molecule has 0 fully saturated rings. The molecular formula is C23H41Si. The Kier molecular flexibility index (Phi) is 14.3. The number of rotatable bonds is 16. The van der Waals surface area contributed by atoms with Crippen LogP contribution in [0.4, 0.5) is 0 Å². The summed E-state index contributed by atoms with van der Waals surface area (Å²) in [5, 5.41) is 0. The van der Waals surface area contributed by atoms with Gasteiger partial charge in [-0.2, -0.15) is 0 Å². The first-order valence-electron chi connectivity index (χ1n) is 10.7. The summed E-state index contributed by atoms with van der Waals surface area (Å²) in [6, 6.07) is 15.7. The molecule has 1 rings (SSSR count). The Labute approximate surface area is 154 Å². The fraction of sp³-hybridized carbons (Fsp3) is 0.739. The van der Waals surface area contributed by atoms with Crippen LogP contribution in [0.25, 0.3) is 0 Å². The minimum Gasteiger partial charge on any atom is -0.0654 e. The summed E-state index contributed by atoms with van der Waals surface area (Å²) in [5.74, 6) is 0. The first kappa shape index (κ1) is 21.5. The van der Waals surface area contributed by atoms with E-state index in [0.717, 1.165) is 0 Å². The van der Waals surface area contributed by atoms with Gasteiger partial charge in [0.15, 0.2) is 0 Å². The number of hydrogen-bond acceptors (Lipinski definition) is 0. The molecule has 0 aromatic heterocycles. The second kappa shape index (κ2) is 15.9. The van der Waals surface area contributed by atoms with Crippen LogP contribution in [0.2, 0.25) is 12.1 Å². The lowest BCUT2D eigenvalue weighted by molar-refractivity contribution is 0.616. The van der Waals surface area contributed by atoms with E-state index in [0.29, 0.717) is 0 Å². The van der Waals surface area contributed by atoms with Crippen molar-refractivity contribution in [1.82, 2.24) is 0 Å². The van der Waals surface area contributed by atoms with Crippen LogP contribution in [-0.4, -0.2) is 8.80 Å². The Morgan fingerprint density at radius 1 is 0.583 bits per heavy atom. The van der Waals surface area contributed by atoms with Crippen LogP contribution < -0.4 is 0 Å². The second-order valence-corrected chi connectivity index (χ2v) is 10.3. The van der Waals surface area contributed by atoms with E-state index >= 15 is 0 Å². The molecule has 0 spiro atoms. The van der Waals surface area contributed by atoms with Crippen molar-refractivity contribution < 1.29 is 0 Å². The molecule has 0 aliphatic carbocycles. The fourth-order valence-corrected chi connectivity index (χ4v) is 6.41. The first-order valence-corrected chi connectivity index (χ1v) is 12.9. The normalized spacial score (nSPS) is 11.3. The van der Waals surface area contributed by atoms with Crippen molar-refractivity contribution in [2.75, 3.05) is 0 Å². The number of hydrogen-bond donors (Lipinski definition) is 0. The lowest BCUT2D eigenvalue weighted by Crippen LogP contribution is -2.16. The lowest BCUT2D eigenvalue weighted by atomic mass is 10.1. The van der Waals surface area contributed by atoms with E-state index in [1.165, 1.54) is 83.1 Å². The van der Waals surface area contributed by atoms with Gasteiger partial charge < -0.3 is 0 Å². The number of unbranched alkanes of at least 4 members (excludes halogenated alkanes) is 10. The molecule has 0 unspecified atom stereocenters. The van der Waals surface area contributed by atoms with Crippen molar-refractivity contribution in [3.8, 4) is 0 Å². The molecule has 0 N–H and O–H groups in total. The average Bonchev–Trinajstić information content (AvgIpc) is 2.61. The third-order valence-electron chi connectivity index (χ3n) is 5.06. The van der Waals surface area contributed by atoms with Crippen LogP contribution >= 0.6 is 0 Å². The molecule has 0 heterocycles. The zero-order valence-electron chi connectivity index (χ0n) is 16.5. The van der Waals surface area contributed by atoms with Gasteiger partial charge >= 0.3 is 0 Å². The van der Waals surface area contributed by atoms with Gasteiger partial charge in [-0.15, -0.1) is 0 Å². The van der Waals surface area contributed by atoms with Crippen molar-refractivity contribution in [1.29, 1.82) is 0 Å². The molecule has 137 valence electrons. The molecule has 0 atom stereocenters. The lowest BCUT2D eigenvalue weighted by Gasteiger charge is -2.15. The molecule has 1 aromatic carbocycles. The summed E-state index contributed by atoms with van der Waals surface area (Å²) in [5.41, 5.74) is 1.59. The smallest absolute Gasteiger partial charge is 0.0525 e. The Bertz CT molecular complexity index is 344. The zero-order chi connectivity index (χ0) is 17.3. The molecule has 0 saturated carbocycles. The maximum absolute atomic E-state index is 2.34. The molecule has 1 heteroatoms. The topological polar surface area (TPSA) is 0 Å². The van der Waals surface area contributed by atoms with Crippen LogP contribution in [0, 0.1) is 0 Å². The van der Waals surface area contributed by atoms with Gasteiger partial charge in [-0.25, -0.2) is 0 Å². The van der Waals surface area contributed by atoms with Gasteiger partial charge in [-0.05, 0) is 6.04 Å². The van der Waals surface area contributed by atoms with Gasteiger partial charge in [0, 0.05) is 0 Å². The van der Waals surface area contributed by atoms with Gasteiger partial charge in [0.2, 0.25) is 0 Å². The summed E-state index contributed by atoms with van der Waals surface area (Å²) < 4.78 is 0. The van der Waals surface area contributed by atoms with Crippen LogP contribution in [0.15, 0.2) is 30.3 Å². The predicted molar refractivity (Wildman–Crippen MR) is 112 cm³/mol. The van der Waals surface area contributed by atoms with E-state index in [1.807, 2.05) is 0 Å². The molecular weight excluding hydrogens is 304 g/mol. The Balaban J connectivity index is 2.24. The van der Waals surface area contributed by atoms with Crippen molar-refractivity contribution in [3.63, 3.8) is 0 Å². The highest BCUT2D eigenvalue weighted by Crippen LogP contribution is 2.18. The second-order valence-electron chi connectivity index (χ2n) is 7.45. The molecule has 0 amide bonds. The van der Waals surface area contributed by atoms with Gasteiger partial charge in [0.05, 0.1) is 8.80 Å². The van der Waals surface area contributed by atoms with E-state index in [2.05, 4.69) is 44.2 Å². The molecule has 0 aliphatic rings. The number of benzene rings is 1. The average molecular weight is 346 g/mol. The highest BCUT2D eigenvalue weighted by molar-refractivity contribution is 6.58. The van der Waals surface area contributed by atoms with Crippen LogP contribution in [-0.2, 0) is 6.04 Å². The van der Waals surface area contributed by atoms with Gasteiger partial charge in [-0.1, -0.05) is 139 Å². The van der Waals surface area contributed by atoms with Crippen molar-refractivity contribution >= 4 is 8.80 Å². The minimum atomic E-state index is -0.182. The summed E-state index contributed by atoms with van der Waals surface area (Å²) in [6.45, 7) is 4.61. The quantitative estimate of drug-likeness (QED) is 0.210. The predicted octanol–water partition coefficient (Wildman–Crippen LogP) is 7.98. The van der Waals surface area contributed by atoms with Crippen molar-refractivity contribution in [3.05, 3.63) is 35.9 Å². The summed E-state index contributed by atoms with van der Waals surface area (Å²) >= 11 is 0. The summed E-state index contributed by atoms with van der Waals surface area (Å²) in [7, 11) is -0.182. The zero-order valence-corrected chi connectivity index (χ0v) is 17.5. The van der Waals surface area contributed by atoms with Crippen LogP contribution in [0.1, 0.15) is 96.5 Å². The van der Waals surface area contributed by atoms with Gasteiger partial charge in [-0.3, -0.25) is 0 Å². The van der Waals surface area contributed by atoms with E-state index < -0.39 is 0 Å². The van der Waals surface area contributed by atoms with E-state index in [-0.39, 0.29) is 8.80 Å². The highest BCUT2D eigenvalue weighted by atomic mass is 28.3. The third kappa shape index (κ3) is 11.9. The largest absolute Gasteiger partial charge is 0.0654 e. The Morgan fingerprint density at radius 3 is 1.54 bits per heavy atom. The highest BCUT2D eigenvalue weighted by Gasteiger charge is 2.11. The molecule has 0 aliphatic heterocycles. The maximum Gasteiger partial charge on any atom is 0.0525 e. The van der Waals surface area contributed by atoms with Crippen LogP contribution in [0.3, 0.4) is 0 Å². The standard InChI is InChI=1S/C23H41Si/c1-3-5-7-9-11-16-20-24(21-17-12-10-8-6-4-2)22-23-18-14-13-15-19-23/h13-15,18-19H,3-12,16-17,20-22H2,1-2H3. The Morgan fingerprint density at radius 2 is 1.04 bits per heavy atom. The maximum atomic E-state index is 2.34. The molecule has 0 bridgehead atoms. The van der Waals surface area contributed by atoms with Gasteiger partial charge in [0.25, 0.3) is 0 Å². The summed E-state index contributed by atoms with van der Waals surface area (Å²) in [4.78, 5) is 0. The van der Waals surface area contributed by atoms with Crippen molar-refractivity contribution in [2.24, 2.45) is 0 Å².